The molecule has 0 aromatic heterocycles. The molecule has 0 heterocycles. The van der Waals surface area contributed by atoms with Crippen LogP contribution in [0, 0.1) is 12.4 Å². The minimum Gasteiger partial charge on any atom is -0.238 e. The molecular formula is C20H14FNO2S. The summed E-state index contributed by atoms with van der Waals surface area (Å²) < 4.78 is 39.4. The van der Waals surface area contributed by atoms with Gasteiger partial charge in [-0.3, -0.25) is 0 Å². The van der Waals surface area contributed by atoms with Crippen LogP contribution in [0.4, 0.5) is 10.1 Å². The van der Waals surface area contributed by atoms with Crippen molar-refractivity contribution in [2.45, 2.75) is 10.6 Å². The maximum absolute atomic E-state index is 14.2. The van der Waals surface area contributed by atoms with Crippen LogP contribution in [0.3, 0.4) is 0 Å². The van der Waals surface area contributed by atoms with Gasteiger partial charge < -0.3 is 0 Å². The summed E-state index contributed by atoms with van der Waals surface area (Å²) >= 11 is 0. The summed E-state index contributed by atoms with van der Waals surface area (Å²) in [5, 5.41) is 0. The highest BCUT2D eigenvalue weighted by molar-refractivity contribution is 7.90. The van der Waals surface area contributed by atoms with Crippen LogP contribution >= 0.6 is 0 Å². The fourth-order valence-corrected chi connectivity index (χ4v) is 3.91. The molecule has 124 valence electrons. The molecule has 0 N–H and O–H groups in total. The lowest BCUT2D eigenvalue weighted by atomic mass is 10.0. The Morgan fingerprint density at radius 2 is 1.64 bits per heavy atom. The number of rotatable bonds is 4. The molecule has 3 aromatic rings. The van der Waals surface area contributed by atoms with Crippen LogP contribution in [0.1, 0.15) is 5.56 Å². The van der Waals surface area contributed by atoms with Crippen molar-refractivity contribution in [1.82, 2.24) is 0 Å². The monoisotopic (exact) mass is 351 g/mol. The Bertz CT molecular complexity index is 1050. The first-order valence-electron chi connectivity index (χ1n) is 7.54. The van der Waals surface area contributed by atoms with Crippen molar-refractivity contribution < 1.29 is 12.8 Å². The first kappa shape index (κ1) is 16.9. The van der Waals surface area contributed by atoms with Crippen molar-refractivity contribution in [3.8, 4) is 11.1 Å². The van der Waals surface area contributed by atoms with Gasteiger partial charge >= 0.3 is 0 Å². The average Bonchev–Trinajstić information content (AvgIpc) is 2.64. The van der Waals surface area contributed by atoms with Crippen molar-refractivity contribution in [2.75, 3.05) is 0 Å². The average molecular weight is 351 g/mol. The van der Waals surface area contributed by atoms with Crippen molar-refractivity contribution in [3.63, 3.8) is 0 Å². The van der Waals surface area contributed by atoms with E-state index in [2.05, 4.69) is 4.85 Å². The largest absolute Gasteiger partial charge is 0.238 e. The maximum atomic E-state index is 14.2. The molecule has 0 atom stereocenters. The van der Waals surface area contributed by atoms with E-state index in [4.69, 9.17) is 6.57 Å². The molecule has 0 amide bonds. The van der Waals surface area contributed by atoms with E-state index in [1.54, 1.807) is 12.1 Å². The van der Waals surface area contributed by atoms with E-state index < -0.39 is 21.4 Å². The Hall–Kier alpha value is -2.97. The smallest absolute Gasteiger partial charge is 0.188 e. The lowest BCUT2D eigenvalue weighted by Gasteiger charge is -2.09. The van der Waals surface area contributed by atoms with E-state index in [-0.39, 0.29) is 16.1 Å². The lowest BCUT2D eigenvalue weighted by Crippen LogP contribution is -2.06. The number of halogens is 1. The van der Waals surface area contributed by atoms with Crippen LogP contribution in [0.25, 0.3) is 16.0 Å². The van der Waals surface area contributed by atoms with Gasteiger partial charge in [-0.2, -0.15) is 0 Å². The Labute approximate surface area is 146 Å². The number of benzene rings is 3. The first-order chi connectivity index (χ1) is 12.0. The zero-order valence-corrected chi connectivity index (χ0v) is 14.0. The van der Waals surface area contributed by atoms with Gasteiger partial charge in [0.15, 0.2) is 15.5 Å². The summed E-state index contributed by atoms with van der Waals surface area (Å²) in [6, 6.07) is 19.6. The third kappa shape index (κ3) is 3.76. The Balaban J connectivity index is 1.98. The second kappa shape index (κ2) is 6.88. The van der Waals surface area contributed by atoms with E-state index >= 15 is 0 Å². The van der Waals surface area contributed by atoms with Crippen LogP contribution < -0.4 is 0 Å². The minimum atomic E-state index is -3.75. The van der Waals surface area contributed by atoms with Crippen LogP contribution in [0.5, 0.6) is 0 Å². The van der Waals surface area contributed by atoms with E-state index in [0.29, 0.717) is 0 Å². The SMILES string of the molecule is [C-]#[N+]c1cccc(S(=O)(=O)Cc2cc(-c3ccccc3)ccc2F)c1. The summed E-state index contributed by atoms with van der Waals surface area (Å²) in [7, 11) is -3.75. The highest BCUT2D eigenvalue weighted by Gasteiger charge is 2.18. The van der Waals surface area contributed by atoms with Gasteiger partial charge in [0.1, 0.15) is 5.82 Å². The highest BCUT2D eigenvalue weighted by atomic mass is 32.2. The van der Waals surface area contributed by atoms with Crippen LogP contribution in [0.15, 0.2) is 77.7 Å². The van der Waals surface area contributed by atoms with Crippen LogP contribution in [0.2, 0.25) is 0 Å². The van der Waals surface area contributed by atoms with Gasteiger partial charge in [0.05, 0.1) is 17.2 Å². The quantitative estimate of drug-likeness (QED) is 0.619. The van der Waals surface area contributed by atoms with Gasteiger partial charge in [-0.25, -0.2) is 17.7 Å². The summed E-state index contributed by atoms with van der Waals surface area (Å²) in [5.41, 5.74) is 1.98. The molecule has 0 saturated carbocycles. The zero-order valence-electron chi connectivity index (χ0n) is 13.2. The molecule has 0 bridgehead atoms. The van der Waals surface area contributed by atoms with Crippen molar-refractivity contribution in [2.24, 2.45) is 0 Å². The van der Waals surface area contributed by atoms with E-state index in [9.17, 15) is 12.8 Å². The van der Waals surface area contributed by atoms with Gasteiger partial charge in [0.2, 0.25) is 0 Å². The number of hydrogen-bond acceptors (Lipinski definition) is 2. The number of sulfone groups is 1. The number of hydrogen-bond donors (Lipinski definition) is 0. The van der Waals surface area contributed by atoms with Crippen molar-refractivity contribution in [3.05, 3.63) is 95.6 Å². The van der Waals surface area contributed by atoms with E-state index in [1.807, 2.05) is 30.3 Å². The molecule has 3 rings (SSSR count). The van der Waals surface area contributed by atoms with Gasteiger partial charge in [-0.1, -0.05) is 48.5 Å². The van der Waals surface area contributed by atoms with Gasteiger partial charge in [-0.05, 0) is 35.4 Å². The topological polar surface area (TPSA) is 38.5 Å². The normalized spacial score (nSPS) is 11.0. The third-order valence-corrected chi connectivity index (χ3v) is 5.47. The first-order valence-corrected chi connectivity index (χ1v) is 9.19. The molecule has 0 unspecified atom stereocenters. The minimum absolute atomic E-state index is 0.0190. The fourth-order valence-electron chi connectivity index (χ4n) is 2.53. The molecule has 5 heteroatoms. The Morgan fingerprint density at radius 3 is 2.36 bits per heavy atom. The molecule has 0 saturated heterocycles. The summed E-state index contributed by atoms with van der Waals surface area (Å²) in [4.78, 5) is 3.25. The molecular weight excluding hydrogens is 337 g/mol. The van der Waals surface area contributed by atoms with Crippen molar-refractivity contribution >= 4 is 15.5 Å². The summed E-state index contributed by atoms with van der Waals surface area (Å²) in [5.74, 6) is -1.02. The Morgan fingerprint density at radius 1 is 0.880 bits per heavy atom. The molecule has 3 aromatic carbocycles. The highest BCUT2D eigenvalue weighted by Crippen LogP contribution is 2.26. The molecule has 25 heavy (non-hydrogen) atoms. The zero-order chi connectivity index (χ0) is 17.9. The second-order valence-corrected chi connectivity index (χ2v) is 7.53. The molecule has 3 nitrogen and oxygen atoms in total. The molecule has 0 fully saturated rings. The molecule has 0 aliphatic carbocycles. The second-order valence-electron chi connectivity index (χ2n) is 5.54. The summed E-state index contributed by atoms with van der Waals surface area (Å²) in [6.07, 6.45) is 0. The number of nitrogens with zero attached hydrogens (tertiary/aromatic N) is 1. The molecule has 0 aliphatic heterocycles. The van der Waals surface area contributed by atoms with Crippen molar-refractivity contribution in [1.29, 1.82) is 0 Å². The Kier molecular flexibility index (Phi) is 4.64. The summed E-state index contributed by atoms with van der Waals surface area (Å²) in [6.45, 7) is 6.99. The van der Waals surface area contributed by atoms with Gasteiger partial charge in [0, 0.05) is 5.56 Å². The third-order valence-electron chi connectivity index (χ3n) is 3.80. The molecule has 0 radical (unpaired) electrons. The van der Waals surface area contributed by atoms with Gasteiger partial charge in [0.25, 0.3) is 0 Å². The van der Waals surface area contributed by atoms with Crippen LogP contribution in [-0.2, 0) is 15.6 Å². The standard InChI is InChI=1S/C20H14FNO2S/c1-22-18-8-5-9-19(13-18)25(23,24)14-17-12-16(10-11-20(17)21)15-6-3-2-4-7-15/h2-13H,14H2. The predicted octanol–water partition coefficient (Wildman–Crippen LogP) is 5.02. The van der Waals surface area contributed by atoms with Gasteiger partial charge in [-0.15, -0.1) is 0 Å². The molecule has 0 aliphatic rings. The van der Waals surface area contributed by atoms with Crippen LogP contribution in [-0.4, -0.2) is 8.42 Å². The molecule has 0 spiro atoms. The predicted molar refractivity (Wildman–Crippen MR) is 95.4 cm³/mol. The van der Waals surface area contributed by atoms with E-state index in [1.165, 1.54) is 30.3 Å². The lowest BCUT2D eigenvalue weighted by molar-refractivity contribution is 0.587. The van der Waals surface area contributed by atoms with E-state index in [0.717, 1.165) is 11.1 Å². The fraction of sp³-hybridized carbons (Fsp3) is 0.0500. The maximum Gasteiger partial charge on any atom is 0.188 e.